The third-order valence-electron chi connectivity index (χ3n) is 4.65. The van der Waals surface area contributed by atoms with Gasteiger partial charge in [0.1, 0.15) is 5.75 Å². The van der Waals surface area contributed by atoms with Crippen LogP contribution in [0.25, 0.3) is 10.8 Å². The van der Waals surface area contributed by atoms with Gasteiger partial charge in [-0.2, -0.15) is 0 Å². The molecule has 3 N–H and O–H groups in total. The van der Waals surface area contributed by atoms with Crippen LogP contribution in [-0.4, -0.2) is 44.0 Å². The van der Waals surface area contributed by atoms with E-state index in [1.165, 1.54) is 0 Å². The van der Waals surface area contributed by atoms with Crippen LogP contribution in [0.4, 0.5) is 5.69 Å². The minimum Gasteiger partial charge on any atom is -0.483 e. The average Bonchev–Trinajstić information content (AvgIpc) is 2.76. The van der Waals surface area contributed by atoms with Gasteiger partial charge < -0.3 is 25.2 Å². The average molecular weight is 408 g/mol. The van der Waals surface area contributed by atoms with Crippen LogP contribution in [0.2, 0.25) is 0 Å². The highest BCUT2D eigenvalue weighted by Crippen LogP contribution is 2.28. The molecule has 30 heavy (non-hydrogen) atoms. The van der Waals surface area contributed by atoms with Gasteiger partial charge in [-0.05, 0) is 35.9 Å². The van der Waals surface area contributed by atoms with Gasteiger partial charge in [-0.25, -0.2) is 0 Å². The zero-order valence-electron chi connectivity index (χ0n) is 17.2. The number of carbonyl (C=O) groups is 1. The van der Waals surface area contributed by atoms with E-state index in [1.54, 1.807) is 0 Å². The molecular weight excluding hydrogens is 380 g/mol. The summed E-state index contributed by atoms with van der Waals surface area (Å²) >= 11 is 0. The maximum atomic E-state index is 12.3. The van der Waals surface area contributed by atoms with E-state index in [9.17, 15) is 4.79 Å². The van der Waals surface area contributed by atoms with Crippen molar-refractivity contribution in [3.8, 4) is 5.75 Å². The molecule has 6 nitrogen and oxygen atoms in total. The Morgan fingerprint density at radius 1 is 1.00 bits per heavy atom. The first-order valence-electron chi connectivity index (χ1n) is 10.1. The lowest BCUT2D eigenvalue weighted by Crippen LogP contribution is -2.22. The third kappa shape index (κ3) is 6.29. The number of rotatable bonds is 11. The van der Waals surface area contributed by atoms with E-state index in [-0.39, 0.29) is 19.1 Å². The minimum atomic E-state index is -0.205. The first-order valence-corrected chi connectivity index (χ1v) is 10.1. The van der Waals surface area contributed by atoms with Crippen molar-refractivity contribution in [2.75, 3.05) is 38.3 Å². The molecule has 0 aromatic heterocycles. The van der Waals surface area contributed by atoms with Gasteiger partial charge in [0.2, 0.25) is 0 Å². The van der Waals surface area contributed by atoms with Crippen LogP contribution in [-0.2, 0) is 16.1 Å². The van der Waals surface area contributed by atoms with Gasteiger partial charge in [0.15, 0.2) is 6.61 Å². The van der Waals surface area contributed by atoms with Crippen molar-refractivity contribution in [2.45, 2.75) is 13.5 Å². The number of amides is 1. The van der Waals surface area contributed by atoms with Crippen LogP contribution >= 0.6 is 0 Å². The SMILES string of the molecule is Cc1ccc(NC(=O)COc2ccc3ccccc3c2CNCCOCCO)cc1. The Kier molecular flexibility index (Phi) is 8.20. The van der Waals surface area contributed by atoms with Crippen molar-refractivity contribution in [2.24, 2.45) is 0 Å². The largest absolute Gasteiger partial charge is 0.483 e. The second kappa shape index (κ2) is 11.3. The highest BCUT2D eigenvalue weighted by Gasteiger charge is 2.11. The lowest BCUT2D eigenvalue weighted by molar-refractivity contribution is -0.118. The summed E-state index contributed by atoms with van der Waals surface area (Å²) in [5.41, 5.74) is 2.88. The summed E-state index contributed by atoms with van der Waals surface area (Å²) < 4.78 is 11.2. The summed E-state index contributed by atoms with van der Waals surface area (Å²) in [5, 5.41) is 17.2. The molecule has 0 heterocycles. The Labute approximate surface area is 176 Å². The molecular formula is C24H28N2O4. The maximum absolute atomic E-state index is 12.3. The highest BCUT2D eigenvalue weighted by molar-refractivity contribution is 5.92. The van der Waals surface area contributed by atoms with E-state index in [2.05, 4.69) is 16.7 Å². The molecule has 0 aliphatic rings. The number of anilines is 1. The Balaban J connectivity index is 1.64. The molecule has 0 spiro atoms. The summed E-state index contributed by atoms with van der Waals surface area (Å²) in [6, 6.07) is 19.6. The van der Waals surface area contributed by atoms with E-state index in [0.717, 1.165) is 27.6 Å². The Morgan fingerprint density at radius 3 is 2.60 bits per heavy atom. The van der Waals surface area contributed by atoms with Crippen LogP contribution in [0, 0.1) is 6.92 Å². The lowest BCUT2D eigenvalue weighted by atomic mass is 10.0. The maximum Gasteiger partial charge on any atom is 0.262 e. The van der Waals surface area contributed by atoms with Gasteiger partial charge in [-0.1, -0.05) is 48.0 Å². The van der Waals surface area contributed by atoms with Gasteiger partial charge in [0, 0.05) is 24.3 Å². The summed E-state index contributed by atoms with van der Waals surface area (Å²) in [6.45, 7) is 4.03. The van der Waals surface area contributed by atoms with Gasteiger partial charge in [0.05, 0.1) is 19.8 Å². The first kappa shape index (κ1) is 21.8. The zero-order valence-corrected chi connectivity index (χ0v) is 17.2. The van der Waals surface area contributed by atoms with Crippen molar-refractivity contribution < 1.29 is 19.4 Å². The normalized spacial score (nSPS) is 10.9. The lowest BCUT2D eigenvalue weighted by Gasteiger charge is -2.15. The van der Waals surface area contributed by atoms with Crippen molar-refractivity contribution >= 4 is 22.4 Å². The molecule has 0 radical (unpaired) electrons. The number of benzene rings is 3. The molecule has 0 aliphatic carbocycles. The molecule has 3 aromatic rings. The van der Waals surface area contributed by atoms with Crippen molar-refractivity contribution in [3.05, 3.63) is 71.8 Å². The number of nitrogens with one attached hydrogen (secondary N) is 2. The number of fused-ring (bicyclic) bond motifs is 1. The van der Waals surface area contributed by atoms with E-state index >= 15 is 0 Å². The molecule has 0 saturated heterocycles. The fourth-order valence-corrected chi connectivity index (χ4v) is 3.14. The summed E-state index contributed by atoms with van der Waals surface area (Å²) in [7, 11) is 0. The molecule has 0 fully saturated rings. The highest BCUT2D eigenvalue weighted by atomic mass is 16.5. The van der Waals surface area contributed by atoms with Crippen LogP contribution in [0.1, 0.15) is 11.1 Å². The van der Waals surface area contributed by atoms with Crippen molar-refractivity contribution in [3.63, 3.8) is 0 Å². The topological polar surface area (TPSA) is 79.8 Å². The van der Waals surface area contributed by atoms with Gasteiger partial charge in [-0.3, -0.25) is 4.79 Å². The van der Waals surface area contributed by atoms with E-state index in [4.69, 9.17) is 14.6 Å². The van der Waals surface area contributed by atoms with Crippen LogP contribution < -0.4 is 15.4 Å². The number of aliphatic hydroxyl groups excluding tert-OH is 1. The Bertz CT molecular complexity index is 957. The van der Waals surface area contributed by atoms with E-state index in [1.807, 2.05) is 61.5 Å². The Morgan fingerprint density at radius 2 is 1.80 bits per heavy atom. The fourth-order valence-electron chi connectivity index (χ4n) is 3.14. The van der Waals surface area contributed by atoms with Crippen LogP contribution in [0.15, 0.2) is 60.7 Å². The summed E-state index contributed by atoms with van der Waals surface area (Å²) in [4.78, 5) is 12.3. The monoisotopic (exact) mass is 408 g/mol. The molecule has 3 rings (SSSR count). The molecule has 0 aliphatic heterocycles. The predicted octanol–water partition coefficient (Wildman–Crippen LogP) is 3.26. The quantitative estimate of drug-likeness (QED) is 0.425. The van der Waals surface area contributed by atoms with Crippen molar-refractivity contribution in [1.82, 2.24) is 5.32 Å². The number of hydrogen-bond acceptors (Lipinski definition) is 5. The Hall–Kier alpha value is -2.93. The molecule has 0 bridgehead atoms. The summed E-state index contributed by atoms with van der Waals surface area (Å²) in [6.07, 6.45) is 0. The predicted molar refractivity (Wildman–Crippen MR) is 119 cm³/mol. The number of hydrogen-bond donors (Lipinski definition) is 3. The molecule has 1 amide bonds. The van der Waals surface area contributed by atoms with Gasteiger partial charge in [0.25, 0.3) is 5.91 Å². The minimum absolute atomic E-state index is 0.0198. The number of carbonyl (C=O) groups excluding carboxylic acids is 1. The summed E-state index contributed by atoms with van der Waals surface area (Å²) in [5.74, 6) is 0.472. The van der Waals surface area contributed by atoms with Gasteiger partial charge >= 0.3 is 0 Å². The van der Waals surface area contributed by atoms with Gasteiger partial charge in [-0.15, -0.1) is 0 Å². The van der Waals surface area contributed by atoms with Crippen LogP contribution in [0.5, 0.6) is 5.75 Å². The molecule has 0 unspecified atom stereocenters. The fraction of sp³-hybridized carbons (Fsp3) is 0.292. The molecule has 158 valence electrons. The molecule has 6 heteroatoms. The van der Waals surface area contributed by atoms with E-state index < -0.39 is 0 Å². The third-order valence-corrected chi connectivity index (χ3v) is 4.65. The number of aliphatic hydroxyl groups is 1. The van der Waals surface area contributed by atoms with E-state index in [0.29, 0.717) is 32.1 Å². The molecule has 0 atom stereocenters. The number of ether oxygens (including phenoxy) is 2. The smallest absolute Gasteiger partial charge is 0.262 e. The molecule has 3 aromatic carbocycles. The first-order chi connectivity index (χ1) is 14.7. The number of aryl methyl sites for hydroxylation is 1. The molecule has 0 saturated carbocycles. The zero-order chi connectivity index (χ0) is 21.2. The second-order valence-electron chi connectivity index (χ2n) is 6.98. The van der Waals surface area contributed by atoms with Crippen LogP contribution in [0.3, 0.4) is 0 Å². The standard InChI is InChI=1S/C24H28N2O4/c1-18-6-9-20(10-7-18)26-24(28)17-30-23-11-8-19-4-2-3-5-21(19)22(23)16-25-12-14-29-15-13-27/h2-11,25,27H,12-17H2,1H3,(H,26,28). The second-order valence-corrected chi connectivity index (χ2v) is 6.98. The van der Waals surface area contributed by atoms with Crippen molar-refractivity contribution in [1.29, 1.82) is 0 Å².